The smallest absolute Gasteiger partial charge is 0.222 e. The number of halogens is 3. The lowest BCUT2D eigenvalue weighted by Gasteiger charge is -2.51. The Morgan fingerprint density at radius 1 is 0.445 bits per heavy atom. The van der Waals surface area contributed by atoms with Crippen LogP contribution in [0, 0.1) is 45.3 Å². The molecule has 4 N–H and O–H groups in total. The first-order chi connectivity index (χ1) is 52.9. The molecule has 35 nitrogen and oxygen atoms in total. The highest BCUT2D eigenvalue weighted by atomic mass is 32.2. The zero-order chi connectivity index (χ0) is 78.0. The van der Waals surface area contributed by atoms with E-state index in [1.165, 1.54) is 45.1 Å². The van der Waals surface area contributed by atoms with Gasteiger partial charge in [0.2, 0.25) is 54.5 Å². The number of nitrogens with zero attached hydrogens (tertiary/aromatic N) is 24. The summed E-state index contributed by atoms with van der Waals surface area (Å²) in [6, 6.07) is 14.6. The van der Waals surface area contributed by atoms with Gasteiger partial charge in [0.05, 0.1) is 110 Å². The average molecular weight is 1560 g/mol. The summed E-state index contributed by atoms with van der Waals surface area (Å²) in [5.74, 6) is -0.0168. The molecule has 16 heterocycles. The molecule has 0 aromatic carbocycles. The normalized spacial score (nSPS) is 17.8. The number of likely N-dealkylation sites (tertiary alicyclic amines) is 1. The molecule has 110 heavy (non-hydrogen) atoms. The second-order valence-electron chi connectivity index (χ2n) is 26.9. The Morgan fingerprint density at radius 3 is 1.09 bits per heavy atom. The SMILES string of the molecule is CCC(=O)N1CC(C(F)C#N)(n2ccc(-c3ncnc4[nH]ncc34)c2)C1.CCS(=O)(=O)N1CC(C(F)C#N)(n2ccc(-c3ncnc4[nH]ncc34)c2)C1.CCS(=O)(=O)N1CCC(C(F)C#N)(n2ccc(-c3ncnc4[nH]ncc34)c2)CC1.CCS(=O)(=O)N1CCC(CC#N)(n2ccc(-c3ncnc4[nH]ncc34)c2)CC1. The topological polar surface area (TPSA) is 465 Å². The number of hydrogen-bond acceptors (Lipinski definition) is 23. The number of amides is 1. The molecule has 41 heteroatoms. The first kappa shape index (κ1) is 76.5. The van der Waals surface area contributed by atoms with Gasteiger partial charge in [0.15, 0.2) is 22.6 Å². The Bertz CT molecular complexity index is 5890. The standard InChI is InChI=1S/C18H20FN7O2S.C18H21N7O2S.C17H16FN7O.C16H16FN7O2S/c1-2-29(27,28)26-7-4-18(5-8-26,15(19)9-20)25-6-3-13(11-25)16-14-10-23-24-17(14)22-12-21-16;1-2-28(26,27)25-9-5-18(4-7-19,6-10-25)24-8-3-14(12-24)16-15-11-22-23-17(15)21-13-20-16;1-2-14(26)24-8-17(9-24,13(18)5-19)25-4-3-11(7-25)15-12-6-22-23-16(12)21-10-20-15;1-2-27(25,26)24-8-16(9-24,13(17)5-18)23-4-3-11(7-23)14-12-6-21-22-15(12)20-10-19-14/h3,6,10-12,15H,2,4-5,7-8H2,1H3,(H,21,22,23,24);3,8,11-13H,2,4-6,9-10H2,1H3,(H,20,21,22,23);3-4,6-7,10,13H,2,8-9H2,1H3,(H,20,21,22,23);3-4,6-7,10,13H,2,8-9H2,1H3,(H,19,20,21,22). The Balaban J connectivity index is 0.000000129. The van der Waals surface area contributed by atoms with Crippen molar-refractivity contribution >= 4 is 80.1 Å². The van der Waals surface area contributed by atoms with Crippen molar-refractivity contribution in [1.82, 2.24) is 117 Å². The number of aromatic amines is 4. The molecule has 0 bridgehead atoms. The summed E-state index contributed by atoms with van der Waals surface area (Å²) in [7, 11) is -10.00. The van der Waals surface area contributed by atoms with Gasteiger partial charge in [0.25, 0.3) is 0 Å². The van der Waals surface area contributed by atoms with Crippen LogP contribution in [0.1, 0.15) is 66.2 Å². The first-order valence-corrected chi connectivity index (χ1v) is 39.7. The van der Waals surface area contributed by atoms with E-state index in [1.807, 2.05) is 24.5 Å². The maximum Gasteiger partial charge on any atom is 0.222 e. The number of rotatable bonds is 19. The van der Waals surface area contributed by atoms with Crippen LogP contribution in [-0.4, -0.2) is 236 Å². The van der Waals surface area contributed by atoms with Crippen molar-refractivity contribution in [2.45, 2.75) is 107 Å². The number of piperidine rings is 2. The quantitative estimate of drug-likeness (QED) is 0.0682. The molecule has 12 aromatic rings. The van der Waals surface area contributed by atoms with Crippen LogP contribution in [0.5, 0.6) is 0 Å². The number of carbonyl (C=O) groups is 1. The van der Waals surface area contributed by atoms with Crippen molar-refractivity contribution in [3.8, 4) is 69.3 Å². The van der Waals surface area contributed by atoms with E-state index in [4.69, 9.17) is 10.5 Å². The molecule has 4 aliphatic heterocycles. The van der Waals surface area contributed by atoms with E-state index in [2.05, 4.69) is 91.3 Å². The molecule has 4 fully saturated rings. The van der Waals surface area contributed by atoms with Crippen molar-refractivity contribution < 1.29 is 43.2 Å². The number of fused-ring (bicyclic) bond motifs is 4. The van der Waals surface area contributed by atoms with Crippen LogP contribution in [0.3, 0.4) is 0 Å². The molecule has 0 spiro atoms. The molecule has 0 radical (unpaired) electrons. The number of carbonyl (C=O) groups excluding carboxylic acids is 1. The summed E-state index contributed by atoms with van der Waals surface area (Å²) in [5, 5.41) is 67.2. The molecule has 1 amide bonds. The molecule has 4 aliphatic rings. The van der Waals surface area contributed by atoms with Crippen LogP contribution < -0.4 is 0 Å². The minimum absolute atomic E-state index is 0.000612. The number of sulfonamides is 3. The van der Waals surface area contributed by atoms with Crippen LogP contribution in [-0.2, 0) is 57.0 Å². The largest absolute Gasteiger partial charge is 0.346 e. The fraction of sp³-hybridized carbons (Fsp3) is 0.406. The second-order valence-corrected chi connectivity index (χ2v) is 33.6. The summed E-state index contributed by atoms with van der Waals surface area (Å²) in [5.41, 5.74) is 4.41. The fourth-order valence-corrected chi connectivity index (χ4v) is 17.9. The number of nitrogens with one attached hydrogen (secondary N) is 4. The van der Waals surface area contributed by atoms with Crippen LogP contribution in [0.2, 0.25) is 0 Å². The fourth-order valence-electron chi connectivity index (χ4n) is 14.5. The predicted molar refractivity (Wildman–Crippen MR) is 393 cm³/mol. The van der Waals surface area contributed by atoms with Gasteiger partial charge in [-0.2, -0.15) is 45.7 Å². The predicted octanol–water partition coefficient (Wildman–Crippen LogP) is 6.37. The molecule has 12 aromatic heterocycles. The van der Waals surface area contributed by atoms with E-state index in [-0.39, 0.29) is 75.3 Å². The third kappa shape index (κ3) is 14.1. The maximum atomic E-state index is 14.9. The van der Waals surface area contributed by atoms with Crippen LogP contribution >= 0.6 is 0 Å². The third-order valence-electron chi connectivity index (χ3n) is 21.1. The Labute approximate surface area is 627 Å². The van der Waals surface area contributed by atoms with Gasteiger partial charge in [-0.1, -0.05) is 6.92 Å². The highest BCUT2D eigenvalue weighted by Gasteiger charge is 2.56. The van der Waals surface area contributed by atoms with E-state index in [9.17, 15) is 53.7 Å². The molecule has 0 aliphatic carbocycles. The van der Waals surface area contributed by atoms with Crippen molar-refractivity contribution in [1.29, 1.82) is 21.0 Å². The highest BCUT2D eigenvalue weighted by molar-refractivity contribution is 7.89. The van der Waals surface area contributed by atoms with Crippen molar-refractivity contribution in [3.05, 3.63) is 124 Å². The molecule has 4 saturated heterocycles. The van der Waals surface area contributed by atoms with Gasteiger partial charge in [0.1, 0.15) is 54.6 Å². The zero-order valence-electron chi connectivity index (χ0n) is 59.7. The van der Waals surface area contributed by atoms with Gasteiger partial charge < -0.3 is 23.2 Å². The summed E-state index contributed by atoms with van der Waals surface area (Å²) in [6.45, 7) is 7.90. The highest BCUT2D eigenvalue weighted by Crippen LogP contribution is 2.43. The molecule has 3 unspecified atom stereocenters. The molecule has 3 atom stereocenters. The lowest BCUT2D eigenvalue weighted by Crippen LogP contribution is -2.68. The zero-order valence-corrected chi connectivity index (χ0v) is 62.2. The Kier molecular flexibility index (Phi) is 21.4. The lowest BCUT2D eigenvalue weighted by atomic mass is 9.84. The maximum absolute atomic E-state index is 14.9. The van der Waals surface area contributed by atoms with E-state index < -0.39 is 70.7 Å². The molecule has 0 saturated carbocycles. The summed E-state index contributed by atoms with van der Waals surface area (Å²) >= 11 is 0. The van der Waals surface area contributed by atoms with E-state index >= 15 is 0 Å². The van der Waals surface area contributed by atoms with Gasteiger partial charge >= 0.3 is 0 Å². The summed E-state index contributed by atoms with van der Waals surface area (Å²) in [6.07, 6.45) is 23.5. The minimum atomic E-state index is -3.44. The summed E-state index contributed by atoms with van der Waals surface area (Å²) in [4.78, 5) is 47.2. The van der Waals surface area contributed by atoms with E-state index in [0.29, 0.717) is 89.4 Å². The van der Waals surface area contributed by atoms with Crippen LogP contribution in [0.25, 0.3) is 89.2 Å². The second kappa shape index (κ2) is 30.7. The molecule has 16 rings (SSSR count). The first-order valence-electron chi connectivity index (χ1n) is 34.9. The number of hydrogen-bond donors (Lipinski definition) is 4. The van der Waals surface area contributed by atoms with E-state index in [0.717, 1.165) is 38.5 Å². The van der Waals surface area contributed by atoms with E-state index in [1.54, 1.807) is 132 Å². The lowest BCUT2D eigenvalue weighted by molar-refractivity contribution is -0.144. The third-order valence-corrected chi connectivity index (χ3v) is 26.6. The summed E-state index contributed by atoms with van der Waals surface area (Å²) < 4.78 is 128. The number of H-pyrrole nitrogens is 4. The minimum Gasteiger partial charge on any atom is -0.346 e. The Hall–Kier alpha value is -11.7. The molecule has 570 valence electrons. The monoisotopic (exact) mass is 1560 g/mol. The molecular formula is C69H73F3N28O7S3. The number of aromatic nitrogens is 20. The average Bonchev–Trinajstić information content (AvgIpc) is 1.56. The molecular weight excluding hydrogens is 1490 g/mol. The van der Waals surface area contributed by atoms with Crippen LogP contribution in [0.15, 0.2) is 124 Å². The number of nitriles is 4. The van der Waals surface area contributed by atoms with Gasteiger partial charge in [-0.3, -0.25) is 25.2 Å². The van der Waals surface area contributed by atoms with Gasteiger partial charge in [-0.25, -0.2) is 86.9 Å². The Morgan fingerprint density at radius 2 is 0.755 bits per heavy atom. The number of alkyl halides is 3. The van der Waals surface area contributed by atoms with Gasteiger partial charge in [-0.05, 0) is 70.7 Å². The van der Waals surface area contributed by atoms with Crippen molar-refractivity contribution in [3.63, 3.8) is 0 Å². The van der Waals surface area contributed by atoms with Gasteiger partial charge in [-0.15, -0.1) is 0 Å². The van der Waals surface area contributed by atoms with Crippen molar-refractivity contribution in [2.24, 2.45) is 0 Å². The van der Waals surface area contributed by atoms with Crippen LogP contribution in [0.4, 0.5) is 13.2 Å². The van der Waals surface area contributed by atoms with Gasteiger partial charge in [0, 0.05) is 131 Å². The van der Waals surface area contributed by atoms with Crippen molar-refractivity contribution in [2.75, 3.05) is 69.6 Å².